The molecule has 0 saturated heterocycles. The minimum atomic E-state index is 0.0132. The van der Waals surface area contributed by atoms with E-state index in [1.54, 1.807) is 16.9 Å². The van der Waals surface area contributed by atoms with Crippen LogP contribution in [0.15, 0.2) is 30.9 Å². The molecule has 1 N–H and O–H groups in total. The van der Waals surface area contributed by atoms with Gasteiger partial charge in [0.1, 0.15) is 6.33 Å². The molecule has 23 heavy (non-hydrogen) atoms. The Balaban J connectivity index is 1.63. The molecule has 0 bridgehead atoms. The number of nitrogens with zero attached hydrogens (tertiary/aromatic N) is 5. The Morgan fingerprint density at radius 1 is 1.26 bits per heavy atom. The van der Waals surface area contributed by atoms with Gasteiger partial charge in [0, 0.05) is 36.7 Å². The fourth-order valence-corrected chi connectivity index (χ4v) is 2.55. The molecule has 0 saturated carbocycles. The summed E-state index contributed by atoms with van der Waals surface area (Å²) in [5.41, 5.74) is 3.95. The molecule has 0 unspecified atom stereocenters. The van der Waals surface area contributed by atoms with Crippen LogP contribution in [0, 0.1) is 13.8 Å². The minimum Gasteiger partial charge on any atom is -0.352 e. The van der Waals surface area contributed by atoms with Crippen molar-refractivity contribution in [3.8, 4) is 0 Å². The molecule has 0 aliphatic carbocycles. The lowest BCUT2D eigenvalue weighted by atomic mass is 10.1. The van der Waals surface area contributed by atoms with Gasteiger partial charge in [-0.1, -0.05) is 0 Å². The fraction of sp³-hybridized carbons (Fsp3) is 0.312. The van der Waals surface area contributed by atoms with Crippen molar-refractivity contribution >= 4 is 11.7 Å². The summed E-state index contributed by atoms with van der Waals surface area (Å²) >= 11 is 0. The number of aromatic nitrogens is 5. The first-order chi connectivity index (χ1) is 11.1. The maximum atomic E-state index is 12.0. The number of amides is 1. The molecule has 0 radical (unpaired) electrons. The topological polar surface area (TPSA) is 85.1 Å². The average Bonchev–Trinajstić information content (AvgIpc) is 3.02. The van der Waals surface area contributed by atoms with Crippen LogP contribution in [0.2, 0.25) is 0 Å². The molecule has 0 aliphatic heterocycles. The van der Waals surface area contributed by atoms with E-state index in [1.165, 1.54) is 6.33 Å². The minimum absolute atomic E-state index is 0.0132. The Morgan fingerprint density at radius 3 is 2.83 bits per heavy atom. The smallest absolute Gasteiger partial charge is 0.252 e. The molecule has 0 atom stereocenters. The van der Waals surface area contributed by atoms with Gasteiger partial charge in [0.2, 0.25) is 5.91 Å². The van der Waals surface area contributed by atoms with Gasteiger partial charge in [-0.25, -0.2) is 9.50 Å². The number of rotatable bonds is 5. The molecule has 7 heteroatoms. The van der Waals surface area contributed by atoms with Crippen molar-refractivity contribution in [1.29, 1.82) is 0 Å². The van der Waals surface area contributed by atoms with E-state index in [4.69, 9.17) is 0 Å². The van der Waals surface area contributed by atoms with Crippen molar-refractivity contribution in [3.05, 3.63) is 53.4 Å². The van der Waals surface area contributed by atoms with Crippen LogP contribution >= 0.6 is 0 Å². The number of carbonyl (C=O) groups is 1. The van der Waals surface area contributed by atoms with Gasteiger partial charge < -0.3 is 5.32 Å². The number of hydrogen-bond acceptors (Lipinski definition) is 5. The quantitative estimate of drug-likeness (QED) is 0.769. The Hall–Kier alpha value is -2.83. The molecule has 3 heterocycles. The van der Waals surface area contributed by atoms with Crippen molar-refractivity contribution in [2.45, 2.75) is 33.2 Å². The van der Waals surface area contributed by atoms with Crippen LogP contribution in [0.5, 0.6) is 0 Å². The maximum Gasteiger partial charge on any atom is 0.252 e. The summed E-state index contributed by atoms with van der Waals surface area (Å²) in [4.78, 5) is 24.5. The molecule has 0 aliphatic rings. The lowest BCUT2D eigenvalue weighted by molar-refractivity contribution is -0.121. The highest BCUT2D eigenvalue weighted by atomic mass is 16.1. The van der Waals surface area contributed by atoms with E-state index in [0.29, 0.717) is 25.2 Å². The van der Waals surface area contributed by atoms with Gasteiger partial charge >= 0.3 is 0 Å². The fourth-order valence-electron chi connectivity index (χ4n) is 2.55. The molecule has 3 aromatic heterocycles. The van der Waals surface area contributed by atoms with Crippen LogP contribution in [-0.2, 0) is 17.8 Å². The first-order valence-electron chi connectivity index (χ1n) is 7.46. The van der Waals surface area contributed by atoms with Crippen LogP contribution < -0.4 is 5.32 Å². The molecule has 3 rings (SSSR count). The Bertz CT molecular complexity index is 827. The van der Waals surface area contributed by atoms with E-state index in [2.05, 4.69) is 25.4 Å². The third kappa shape index (κ3) is 3.33. The largest absolute Gasteiger partial charge is 0.352 e. The summed E-state index contributed by atoms with van der Waals surface area (Å²) in [6.07, 6.45) is 5.96. The van der Waals surface area contributed by atoms with E-state index in [0.717, 1.165) is 22.5 Å². The number of pyridine rings is 1. The highest BCUT2D eigenvalue weighted by Gasteiger charge is 2.12. The normalized spacial score (nSPS) is 10.9. The number of aryl methyl sites for hydroxylation is 2. The van der Waals surface area contributed by atoms with Crippen LogP contribution in [0.1, 0.15) is 28.9 Å². The number of nitrogens with one attached hydrogen (secondary N) is 1. The van der Waals surface area contributed by atoms with Crippen molar-refractivity contribution < 1.29 is 4.79 Å². The number of fused-ring (bicyclic) bond motifs is 1. The molecule has 7 nitrogen and oxygen atoms in total. The number of hydrogen-bond donors (Lipinski definition) is 1. The Kier molecular flexibility index (Phi) is 4.27. The summed E-state index contributed by atoms with van der Waals surface area (Å²) in [5.74, 6) is 0.602. The van der Waals surface area contributed by atoms with Crippen molar-refractivity contribution in [2.75, 3.05) is 0 Å². The van der Waals surface area contributed by atoms with Gasteiger partial charge in [0.05, 0.1) is 0 Å². The molecule has 3 aromatic rings. The van der Waals surface area contributed by atoms with Gasteiger partial charge in [-0.3, -0.25) is 9.78 Å². The molecular weight excluding hydrogens is 292 g/mol. The summed E-state index contributed by atoms with van der Waals surface area (Å²) in [6, 6.07) is 3.77. The van der Waals surface area contributed by atoms with Crippen LogP contribution in [-0.4, -0.2) is 30.5 Å². The van der Waals surface area contributed by atoms with Crippen LogP contribution in [0.3, 0.4) is 0 Å². The maximum absolute atomic E-state index is 12.0. The van der Waals surface area contributed by atoms with E-state index in [1.807, 2.05) is 26.0 Å². The first kappa shape index (κ1) is 15.1. The predicted octanol–water partition coefficient (Wildman–Crippen LogP) is 1.39. The second kappa shape index (κ2) is 6.51. The lowest BCUT2D eigenvalue weighted by Crippen LogP contribution is -2.23. The molecule has 0 spiro atoms. The van der Waals surface area contributed by atoms with E-state index in [9.17, 15) is 4.79 Å². The molecule has 1 amide bonds. The Labute approximate surface area is 133 Å². The molecular formula is C16H18N6O. The zero-order chi connectivity index (χ0) is 16.2. The predicted molar refractivity (Wildman–Crippen MR) is 84.7 cm³/mol. The highest BCUT2D eigenvalue weighted by molar-refractivity contribution is 5.76. The molecule has 118 valence electrons. The Morgan fingerprint density at radius 2 is 2.04 bits per heavy atom. The van der Waals surface area contributed by atoms with Gasteiger partial charge in [-0.2, -0.15) is 10.1 Å². The van der Waals surface area contributed by atoms with Crippen molar-refractivity contribution in [3.63, 3.8) is 0 Å². The molecule has 0 aromatic carbocycles. The van der Waals surface area contributed by atoms with E-state index in [-0.39, 0.29) is 5.91 Å². The SMILES string of the molecule is Cc1nc2ncnn2c(C)c1CCC(=O)NCc1ccncc1. The monoisotopic (exact) mass is 310 g/mol. The van der Waals surface area contributed by atoms with Crippen molar-refractivity contribution in [1.82, 2.24) is 29.9 Å². The van der Waals surface area contributed by atoms with Crippen LogP contribution in [0.4, 0.5) is 0 Å². The second-order valence-electron chi connectivity index (χ2n) is 5.37. The van der Waals surface area contributed by atoms with Gasteiger partial charge in [-0.15, -0.1) is 0 Å². The van der Waals surface area contributed by atoms with Gasteiger partial charge in [0.25, 0.3) is 5.78 Å². The van der Waals surface area contributed by atoms with Crippen molar-refractivity contribution in [2.24, 2.45) is 0 Å². The van der Waals surface area contributed by atoms with E-state index >= 15 is 0 Å². The van der Waals surface area contributed by atoms with Gasteiger partial charge in [0.15, 0.2) is 0 Å². The summed E-state index contributed by atoms with van der Waals surface area (Å²) in [5, 5.41) is 7.08. The third-order valence-electron chi connectivity index (χ3n) is 3.83. The summed E-state index contributed by atoms with van der Waals surface area (Å²) < 4.78 is 1.71. The van der Waals surface area contributed by atoms with Crippen LogP contribution in [0.25, 0.3) is 5.78 Å². The first-order valence-corrected chi connectivity index (χ1v) is 7.46. The average molecular weight is 310 g/mol. The van der Waals surface area contributed by atoms with E-state index < -0.39 is 0 Å². The standard InChI is InChI=1S/C16H18N6O/c1-11-14(12(2)22-16(21-11)19-10-20-22)3-4-15(23)18-9-13-5-7-17-8-6-13/h5-8,10H,3-4,9H2,1-2H3,(H,18,23). The zero-order valence-corrected chi connectivity index (χ0v) is 13.2. The van der Waals surface area contributed by atoms with Gasteiger partial charge in [-0.05, 0) is 43.5 Å². The third-order valence-corrected chi connectivity index (χ3v) is 3.83. The molecule has 0 fully saturated rings. The highest BCUT2D eigenvalue weighted by Crippen LogP contribution is 2.14. The number of carbonyl (C=O) groups excluding carboxylic acids is 1. The zero-order valence-electron chi connectivity index (χ0n) is 13.2. The second-order valence-corrected chi connectivity index (χ2v) is 5.37. The summed E-state index contributed by atoms with van der Waals surface area (Å²) in [7, 11) is 0. The summed E-state index contributed by atoms with van der Waals surface area (Å²) in [6.45, 7) is 4.42. The lowest BCUT2D eigenvalue weighted by Gasteiger charge is -2.10.